The molecule has 2 atom stereocenters. The highest BCUT2D eigenvalue weighted by atomic mass is 32.2. The molecular formula is C14H18N2OS2. The van der Waals surface area contributed by atoms with Gasteiger partial charge in [0.15, 0.2) is 0 Å². The van der Waals surface area contributed by atoms with E-state index in [0.29, 0.717) is 11.4 Å². The summed E-state index contributed by atoms with van der Waals surface area (Å²) in [5.41, 5.74) is 6.80. The third kappa shape index (κ3) is 3.70. The molecule has 1 aromatic carbocycles. The normalized spacial score (nSPS) is 18.7. The maximum absolute atomic E-state index is 12.2. The second kappa shape index (κ2) is 6.39. The molecule has 3 N–H and O–H groups in total. The van der Waals surface area contributed by atoms with E-state index in [2.05, 4.69) is 17.4 Å². The number of thiocarbonyl (C=S) groups is 1. The molecule has 102 valence electrons. The standard InChI is InChI=1S/C14H18N2OS2/c1-2-10(8-13(15)18)16-14(17)12-7-9-5-3-4-6-11(9)19-12/h3-6,10,12H,2,7-8H2,1H3,(H2,15,18)(H,16,17). The SMILES string of the molecule is CCC(CC(N)=S)NC(=O)C1Cc2ccccc2S1. The molecule has 0 aliphatic carbocycles. The molecule has 0 radical (unpaired) electrons. The van der Waals surface area contributed by atoms with E-state index in [-0.39, 0.29) is 17.2 Å². The number of amides is 1. The molecule has 2 rings (SSSR count). The van der Waals surface area contributed by atoms with Crippen molar-refractivity contribution in [2.24, 2.45) is 5.73 Å². The Morgan fingerprint density at radius 3 is 2.95 bits per heavy atom. The van der Waals surface area contributed by atoms with E-state index >= 15 is 0 Å². The summed E-state index contributed by atoms with van der Waals surface area (Å²) in [5.74, 6) is 0.0873. The van der Waals surface area contributed by atoms with Gasteiger partial charge in [-0.15, -0.1) is 11.8 Å². The number of rotatable bonds is 5. The van der Waals surface area contributed by atoms with Gasteiger partial charge < -0.3 is 11.1 Å². The highest BCUT2D eigenvalue weighted by Crippen LogP contribution is 2.36. The van der Waals surface area contributed by atoms with Gasteiger partial charge in [0.2, 0.25) is 5.91 Å². The van der Waals surface area contributed by atoms with Gasteiger partial charge >= 0.3 is 0 Å². The lowest BCUT2D eigenvalue weighted by Crippen LogP contribution is -2.41. The second-order valence-corrected chi connectivity index (χ2v) is 6.47. The minimum atomic E-state index is -0.0298. The number of fused-ring (bicyclic) bond motifs is 1. The molecule has 0 spiro atoms. The largest absolute Gasteiger partial charge is 0.393 e. The van der Waals surface area contributed by atoms with Crippen LogP contribution in [0.5, 0.6) is 0 Å². The van der Waals surface area contributed by atoms with E-state index in [1.165, 1.54) is 10.5 Å². The highest BCUT2D eigenvalue weighted by Gasteiger charge is 2.28. The maximum atomic E-state index is 12.2. The van der Waals surface area contributed by atoms with Crippen LogP contribution in [0.25, 0.3) is 0 Å². The molecule has 1 aliphatic rings. The van der Waals surface area contributed by atoms with Gasteiger partial charge in [-0.3, -0.25) is 4.79 Å². The fraction of sp³-hybridized carbons (Fsp3) is 0.429. The van der Waals surface area contributed by atoms with Crippen molar-refractivity contribution in [1.82, 2.24) is 5.32 Å². The quantitative estimate of drug-likeness (QED) is 0.818. The predicted octanol–water partition coefficient (Wildman–Crippen LogP) is 2.27. The van der Waals surface area contributed by atoms with Crippen molar-refractivity contribution in [1.29, 1.82) is 0 Å². The van der Waals surface area contributed by atoms with Crippen LogP contribution in [0, 0.1) is 0 Å². The molecule has 0 fully saturated rings. The molecule has 0 bridgehead atoms. The van der Waals surface area contributed by atoms with Crippen LogP contribution in [0.15, 0.2) is 29.2 Å². The molecule has 1 amide bonds. The fourth-order valence-electron chi connectivity index (χ4n) is 2.16. The van der Waals surface area contributed by atoms with Crippen LogP contribution < -0.4 is 11.1 Å². The monoisotopic (exact) mass is 294 g/mol. The molecule has 19 heavy (non-hydrogen) atoms. The summed E-state index contributed by atoms with van der Waals surface area (Å²) in [6.45, 7) is 2.03. The zero-order valence-corrected chi connectivity index (χ0v) is 12.5. The van der Waals surface area contributed by atoms with Crippen LogP contribution in [0.1, 0.15) is 25.3 Å². The smallest absolute Gasteiger partial charge is 0.234 e. The van der Waals surface area contributed by atoms with E-state index in [4.69, 9.17) is 18.0 Å². The van der Waals surface area contributed by atoms with E-state index in [9.17, 15) is 4.79 Å². The Morgan fingerprint density at radius 1 is 1.58 bits per heavy atom. The average molecular weight is 294 g/mol. The molecule has 3 nitrogen and oxygen atoms in total. The Hall–Kier alpha value is -1.07. The van der Waals surface area contributed by atoms with Crippen molar-refractivity contribution in [2.75, 3.05) is 0 Å². The van der Waals surface area contributed by atoms with Crippen LogP contribution in [0.4, 0.5) is 0 Å². The summed E-state index contributed by atoms with van der Waals surface area (Å²) >= 11 is 6.54. The van der Waals surface area contributed by atoms with Crippen molar-refractivity contribution in [2.45, 2.75) is 42.4 Å². The number of nitrogens with one attached hydrogen (secondary N) is 1. The second-order valence-electron chi connectivity index (χ2n) is 4.70. The Balaban J connectivity index is 1.93. The van der Waals surface area contributed by atoms with Gasteiger partial charge in [0.1, 0.15) is 0 Å². The van der Waals surface area contributed by atoms with Crippen molar-refractivity contribution in [3.63, 3.8) is 0 Å². The summed E-state index contributed by atoms with van der Waals surface area (Å²) in [6, 6.07) is 8.23. The Kier molecular flexibility index (Phi) is 4.82. The summed E-state index contributed by atoms with van der Waals surface area (Å²) in [7, 11) is 0. The highest BCUT2D eigenvalue weighted by molar-refractivity contribution is 8.01. The van der Waals surface area contributed by atoms with Crippen LogP contribution in [-0.2, 0) is 11.2 Å². The average Bonchev–Trinajstić information content (AvgIpc) is 2.81. The number of carbonyl (C=O) groups excluding carboxylic acids is 1. The maximum Gasteiger partial charge on any atom is 0.234 e. The van der Waals surface area contributed by atoms with Gasteiger partial charge in [-0.1, -0.05) is 37.3 Å². The molecule has 1 aliphatic heterocycles. The first-order chi connectivity index (χ1) is 9.10. The van der Waals surface area contributed by atoms with Crippen LogP contribution in [0.2, 0.25) is 0 Å². The molecule has 0 saturated heterocycles. The lowest BCUT2D eigenvalue weighted by Gasteiger charge is -2.18. The lowest BCUT2D eigenvalue weighted by atomic mass is 10.1. The first-order valence-corrected chi connectivity index (χ1v) is 7.72. The minimum Gasteiger partial charge on any atom is -0.393 e. The van der Waals surface area contributed by atoms with Crippen LogP contribution in [0.3, 0.4) is 0 Å². The van der Waals surface area contributed by atoms with Gasteiger partial charge in [0.05, 0.1) is 10.2 Å². The number of carbonyl (C=O) groups is 1. The molecule has 0 saturated carbocycles. The Bertz CT molecular complexity index is 465. The summed E-state index contributed by atoms with van der Waals surface area (Å²) in [5, 5.41) is 3.02. The first kappa shape index (κ1) is 14.3. The van der Waals surface area contributed by atoms with Crippen LogP contribution >= 0.6 is 24.0 Å². The minimum absolute atomic E-state index is 0.0298. The van der Waals surface area contributed by atoms with E-state index < -0.39 is 0 Å². The number of nitrogens with two attached hydrogens (primary N) is 1. The lowest BCUT2D eigenvalue weighted by molar-refractivity contribution is -0.121. The summed E-state index contributed by atoms with van der Waals surface area (Å²) in [6.07, 6.45) is 2.21. The van der Waals surface area contributed by atoms with Crippen molar-refractivity contribution in [3.8, 4) is 0 Å². The Labute approximate surface area is 123 Å². The molecule has 2 unspecified atom stereocenters. The summed E-state index contributed by atoms with van der Waals surface area (Å²) < 4.78 is 0. The number of hydrogen-bond acceptors (Lipinski definition) is 3. The Morgan fingerprint density at radius 2 is 2.32 bits per heavy atom. The molecule has 5 heteroatoms. The fourth-order valence-corrected chi connectivity index (χ4v) is 3.57. The van der Waals surface area contributed by atoms with Crippen molar-refractivity contribution < 1.29 is 4.79 Å². The predicted molar refractivity (Wildman–Crippen MR) is 83.4 cm³/mol. The van der Waals surface area contributed by atoms with Gasteiger partial charge in [-0.25, -0.2) is 0 Å². The van der Waals surface area contributed by atoms with Crippen molar-refractivity contribution in [3.05, 3.63) is 29.8 Å². The van der Waals surface area contributed by atoms with Gasteiger partial charge in [-0.2, -0.15) is 0 Å². The topological polar surface area (TPSA) is 55.1 Å². The zero-order chi connectivity index (χ0) is 13.8. The molecular weight excluding hydrogens is 276 g/mol. The third-order valence-corrected chi connectivity index (χ3v) is 4.71. The zero-order valence-electron chi connectivity index (χ0n) is 10.9. The number of hydrogen-bond donors (Lipinski definition) is 2. The number of benzene rings is 1. The number of thioether (sulfide) groups is 1. The summed E-state index contributed by atoms with van der Waals surface area (Å²) in [4.78, 5) is 13.9. The van der Waals surface area contributed by atoms with E-state index in [1.54, 1.807) is 11.8 Å². The van der Waals surface area contributed by atoms with Crippen molar-refractivity contribution >= 4 is 34.9 Å². The molecule has 1 heterocycles. The first-order valence-electron chi connectivity index (χ1n) is 6.43. The van der Waals surface area contributed by atoms with Gasteiger partial charge in [-0.05, 0) is 24.5 Å². The molecule has 0 aromatic heterocycles. The van der Waals surface area contributed by atoms with E-state index in [1.807, 2.05) is 19.1 Å². The van der Waals surface area contributed by atoms with Crippen LogP contribution in [-0.4, -0.2) is 22.2 Å². The van der Waals surface area contributed by atoms with Gasteiger partial charge in [0, 0.05) is 17.4 Å². The third-order valence-electron chi connectivity index (χ3n) is 3.23. The van der Waals surface area contributed by atoms with Gasteiger partial charge in [0.25, 0.3) is 0 Å². The molecule has 1 aromatic rings. The van der Waals surface area contributed by atoms with E-state index in [0.717, 1.165) is 12.8 Å².